The van der Waals surface area contributed by atoms with E-state index in [4.69, 9.17) is 0 Å². The number of carbonyl (C=O) groups is 1. The predicted octanol–water partition coefficient (Wildman–Crippen LogP) is 1.01. The van der Waals surface area contributed by atoms with Gasteiger partial charge in [-0.05, 0) is 31.0 Å². The largest absolute Gasteiger partial charge is 0.349 e. The third kappa shape index (κ3) is 1.81. The fourth-order valence-corrected chi connectivity index (χ4v) is 3.48. The molecular weight excluding hydrogens is 252 g/mol. The van der Waals surface area contributed by atoms with Gasteiger partial charge in [-0.1, -0.05) is 0 Å². The summed E-state index contributed by atoms with van der Waals surface area (Å²) in [4.78, 5) is 19.0. The van der Waals surface area contributed by atoms with Crippen LogP contribution in [0.2, 0.25) is 0 Å². The molecule has 4 heterocycles. The van der Waals surface area contributed by atoms with Gasteiger partial charge in [-0.3, -0.25) is 4.79 Å². The maximum atomic E-state index is 12.3. The number of fused-ring (bicyclic) bond motifs is 3. The number of aromatic nitrogens is 2. The van der Waals surface area contributed by atoms with E-state index in [2.05, 4.69) is 15.2 Å². The minimum absolute atomic E-state index is 0.0468. The molecule has 3 unspecified atom stereocenters. The average molecular weight is 270 g/mol. The zero-order valence-electron chi connectivity index (χ0n) is 11.5. The lowest BCUT2D eigenvalue weighted by atomic mass is 10.00. The molecular formula is C15H18N4O. The summed E-state index contributed by atoms with van der Waals surface area (Å²) >= 11 is 0. The van der Waals surface area contributed by atoms with Crippen molar-refractivity contribution in [3.05, 3.63) is 30.2 Å². The lowest BCUT2D eigenvalue weighted by Gasteiger charge is -2.22. The van der Waals surface area contributed by atoms with Crippen LogP contribution < -0.4 is 5.32 Å². The summed E-state index contributed by atoms with van der Waals surface area (Å²) in [6.45, 7) is 3.31. The third-order valence-corrected chi connectivity index (χ3v) is 4.65. The van der Waals surface area contributed by atoms with Crippen molar-refractivity contribution in [3.63, 3.8) is 0 Å². The Balaban J connectivity index is 1.54. The lowest BCUT2D eigenvalue weighted by molar-refractivity contribution is 0.0919. The summed E-state index contributed by atoms with van der Waals surface area (Å²) in [6, 6.07) is 4.18. The van der Waals surface area contributed by atoms with E-state index in [1.54, 1.807) is 6.20 Å². The Labute approximate surface area is 117 Å². The predicted molar refractivity (Wildman–Crippen MR) is 76.5 cm³/mol. The Hall–Kier alpha value is -1.88. The van der Waals surface area contributed by atoms with E-state index in [1.807, 2.05) is 29.9 Å². The molecule has 104 valence electrons. The Kier molecular flexibility index (Phi) is 2.57. The van der Waals surface area contributed by atoms with Gasteiger partial charge in [0.15, 0.2) is 0 Å². The van der Waals surface area contributed by atoms with E-state index in [0.29, 0.717) is 17.7 Å². The van der Waals surface area contributed by atoms with Gasteiger partial charge in [0, 0.05) is 37.8 Å². The van der Waals surface area contributed by atoms with E-state index in [-0.39, 0.29) is 5.91 Å². The molecule has 2 bridgehead atoms. The highest BCUT2D eigenvalue weighted by Crippen LogP contribution is 2.27. The molecule has 2 aromatic heterocycles. The number of amides is 1. The van der Waals surface area contributed by atoms with Crippen LogP contribution in [0.5, 0.6) is 0 Å². The Morgan fingerprint density at radius 1 is 1.45 bits per heavy atom. The third-order valence-electron chi connectivity index (χ3n) is 4.65. The number of nitrogens with one attached hydrogen (secondary N) is 1. The molecule has 20 heavy (non-hydrogen) atoms. The number of carbonyl (C=O) groups excluding carboxylic acids is 1. The Bertz CT molecular complexity index is 678. The van der Waals surface area contributed by atoms with Gasteiger partial charge in [0.05, 0.1) is 11.7 Å². The van der Waals surface area contributed by atoms with E-state index >= 15 is 0 Å². The van der Waals surface area contributed by atoms with Crippen LogP contribution in [0.15, 0.2) is 24.5 Å². The molecule has 0 saturated carbocycles. The number of nitrogens with zero attached hydrogens (tertiary/aromatic N) is 3. The SMILES string of the molecule is Cn1ccc2cc(C(=O)NC3CN4CCC3C4)ncc21. The zero-order valence-corrected chi connectivity index (χ0v) is 11.5. The summed E-state index contributed by atoms with van der Waals surface area (Å²) in [5.74, 6) is 0.578. The monoisotopic (exact) mass is 270 g/mol. The lowest BCUT2D eigenvalue weighted by Crippen LogP contribution is -2.43. The van der Waals surface area contributed by atoms with Gasteiger partial charge in [-0.25, -0.2) is 4.98 Å². The first-order chi connectivity index (χ1) is 9.70. The molecule has 2 aromatic rings. The second-order valence-corrected chi connectivity index (χ2v) is 5.94. The van der Waals surface area contributed by atoms with Gasteiger partial charge < -0.3 is 14.8 Å². The van der Waals surface area contributed by atoms with Gasteiger partial charge >= 0.3 is 0 Å². The number of aryl methyl sites for hydroxylation is 1. The van der Waals surface area contributed by atoms with Crippen LogP contribution in [0.4, 0.5) is 0 Å². The van der Waals surface area contributed by atoms with Gasteiger partial charge in [0.2, 0.25) is 0 Å². The minimum atomic E-state index is -0.0468. The zero-order chi connectivity index (χ0) is 13.7. The van der Waals surface area contributed by atoms with E-state index in [1.165, 1.54) is 13.0 Å². The first-order valence-corrected chi connectivity index (χ1v) is 7.15. The molecule has 2 aliphatic heterocycles. The summed E-state index contributed by atoms with van der Waals surface area (Å²) < 4.78 is 2.01. The molecule has 2 fully saturated rings. The summed E-state index contributed by atoms with van der Waals surface area (Å²) in [5.41, 5.74) is 1.56. The number of pyridine rings is 1. The summed E-state index contributed by atoms with van der Waals surface area (Å²) in [6.07, 6.45) is 4.96. The molecule has 3 atom stereocenters. The van der Waals surface area contributed by atoms with Crippen molar-refractivity contribution in [2.45, 2.75) is 12.5 Å². The van der Waals surface area contributed by atoms with Crippen LogP contribution in [0.25, 0.3) is 10.9 Å². The smallest absolute Gasteiger partial charge is 0.270 e. The molecule has 1 amide bonds. The Morgan fingerprint density at radius 3 is 3.10 bits per heavy atom. The molecule has 2 saturated heterocycles. The molecule has 2 aliphatic rings. The average Bonchev–Trinajstić information content (AvgIpc) is 3.14. The van der Waals surface area contributed by atoms with Crippen LogP contribution in [0, 0.1) is 5.92 Å². The molecule has 5 heteroatoms. The molecule has 0 aliphatic carbocycles. The molecule has 0 radical (unpaired) electrons. The maximum absolute atomic E-state index is 12.3. The summed E-state index contributed by atoms with van der Waals surface area (Å²) in [5, 5.41) is 4.21. The van der Waals surface area contributed by atoms with Crippen LogP contribution in [0.1, 0.15) is 16.9 Å². The van der Waals surface area contributed by atoms with Crippen LogP contribution in [0.3, 0.4) is 0 Å². The standard InChI is InChI=1S/C15H18N4O/c1-18-4-2-10-6-12(16-7-14(10)18)15(20)17-13-9-19-5-3-11(13)8-19/h2,4,6-7,11,13H,3,5,8-9H2,1H3,(H,17,20). The number of hydrogen-bond donors (Lipinski definition) is 1. The van der Waals surface area contributed by atoms with Gasteiger partial charge in [-0.2, -0.15) is 0 Å². The molecule has 1 N–H and O–H groups in total. The van der Waals surface area contributed by atoms with Gasteiger partial charge in [-0.15, -0.1) is 0 Å². The van der Waals surface area contributed by atoms with Gasteiger partial charge in [0.25, 0.3) is 5.91 Å². The number of piperidine rings is 1. The van der Waals surface area contributed by atoms with Crippen LogP contribution >= 0.6 is 0 Å². The molecule has 0 spiro atoms. The van der Waals surface area contributed by atoms with E-state index < -0.39 is 0 Å². The molecule has 5 nitrogen and oxygen atoms in total. The fourth-order valence-electron chi connectivity index (χ4n) is 3.48. The van der Waals surface area contributed by atoms with Crippen molar-refractivity contribution in [2.24, 2.45) is 13.0 Å². The van der Waals surface area contributed by atoms with E-state index in [0.717, 1.165) is 24.0 Å². The summed E-state index contributed by atoms with van der Waals surface area (Å²) in [7, 11) is 1.98. The van der Waals surface area contributed by atoms with E-state index in [9.17, 15) is 4.79 Å². The Morgan fingerprint density at radius 2 is 2.35 bits per heavy atom. The second-order valence-electron chi connectivity index (χ2n) is 5.94. The van der Waals surface area contributed by atoms with Crippen molar-refractivity contribution < 1.29 is 4.79 Å². The number of hydrogen-bond acceptors (Lipinski definition) is 3. The van der Waals surface area contributed by atoms with Crippen molar-refractivity contribution in [1.29, 1.82) is 0 Å². The normalized spacial score (nSPS) is 28.1. The highest BCUT2D eigenvalue weighted by atomic mass is 16.2. The van der Waals surface area contributed by atoms with Gasteiger partial charge in [0.1, 0.15) is 5.69 Å². The van der Waals surface area contributed by atoms with Crippen molar-refractivity contribution in [1.82, 2.24) is 19.8 Å². The molecule has 4 rings (SSSR count). The highest BCUT2D eigenvalue weighted by Gasteiger charge is 2.38. The maximum Gasteiger partial charge on any atom is 0.270 e. The topological polar surface area (TPSA) is 50.2 Å². The highest BCUT2D eigenvalue weighted by molar-refractivity contribution is 5.96. The van der Waals surface area contributed by atoms with Crippen LogP contribution in [-0.2, 0) is 7.05 Å². The van der Waals surface area contributed by atoms with Crippen molar-refractivity contribution >= 4 is 16.8 Å². The minimum Gasteiger partial charge on any atom is -0.349 e. The second kappa shape index (κ2) is 4.31. The first-order valence-electron chi connectivity index (χ1n) is 7.15. The molecule has 0 aromatic carbocycles. The first kappa shape index (κ1) is 11.9. The fraction of sp³-hybridized carbons (Fsp3) is 0.467. The van der Waals surface area contributed by atoms with Crippen LogP contribution in [-0.4, -0.2) is 46.0 Å². The van der Waals surface area contributed by atoms with Crippen molar-refractivity contribution in [3.8, 4) is 0 Å². The van der Waals surface area contributed by atoms with Crippen molar-refractivity contribution in [2.75, 3.05) is 19.6 Å². The quantitative estimate of drug-likeness (QED) is 0.886. The number of rotatable bonds is 2.